The molecule has 2 nitrogen and oxygen atoms in total. The first-order valence-electron chi connectivity index (χ1n) is 9.95. The topological polar surface area (TPSA) is 18.5 Å². The van der Waals surface area contributed by atoms with E-state index in [1.807, 2.05) is 6.08 Å². The highest BCUT2D eigenvalue weighted by Crippen LogP contribution is 2.41. The number of terminal acetylenes is 1. The van der Waals surface area contributed by atoms with Gasteiger partial charge in [0.15, 0.2) is 16.6 Å². The number of hydrogen-bond acceptors (Lipinski definition) is 2. The maximum atomic E-state index is 6.76. The second-order valence-corrected chi connectivity index (χ2v) is 20.0. The standard InChI is InChI=1S/C22H44O2Si2/c1-14-17-20(24-26(12,13)22(7,8)9)18(15-2)19(16-3)23-25(10,11)21(4,5)6/h1,16,18-20H,3,15,17H2,2,4-13H3/t18-,19-,20+/m1/s1. The van der Waals surface area contributed by atoms with E-state index in [0.717, 1.165) is 6.42 Å². The van der Waals surface area contributed by atoms with Gasteiger partial charge in [-0.25, -0.2) is 0 Å². The van der Waals surface area contributed by atoms with E-state index in [1.165, 1.54) is 0 Å². The highest BCUT2D eigenvalue weighted by atomic mass is 28.4. The summed E-state index contributed by atoms with van der Waals surface area (Å²) >= 11 is 0. The van der Waals surface area contributed by atoms with Gasteiger partial charge in [-0.15, -0.1) is 18.9 Å². The van der Waals surface area contributed by atoms with Crippen molar-refractivity contribution in [3.8, 4) is 12.3 Å². The van der Waals surface area contributed by atoms with Gasteiger partial charge in [-0.2, -0.15) is 0 Å². The Balaban J connectivity index is 5.68. The molecule has 3 atom stereocenters. The summed E-state index contributed by atoms with van der Waals surface area (Å²) in [6.45, 7) is 29.1. The lowest BCUT2D eigenvalue weighted by molar-refractivity contribution is 0.0483. The predicted molar refractivity (Wildman–Crippen MR) is 122 cm³/mol. The Kier molecular flexibility index (Phi) is 9.11. The molecule has 4 heteroatoms. The molecule has 0 amide bonds. The van der Waals surface area contributed by atoms with Crippen molar-refractivity contribution < 1.29 is 8.85 Å². The molecule has 0 aliphatic carbocycles. The van der Waals surface area contributed by atoms with Crippen LogP contribution in [0.3, 0.4) is 0 Å². The van der Waals surface area contributed by atoms with Gasteiger partial charge in [0.1, 0.15) is 0 Å². The summed E-state index contributed by atoms with van der Waals surface area (Å²) in [7, 11) is -3.81. The van der Waals surface area contributed by atoms with E-state index in [9.17, 15) is 0 Å². The molecular formula is C22H44O2Si2. The van der Waals surface area contributed by atoms with E-state index in [2.05, 4.69) is 87.2 Å². The lowest BCUT2D eigenvalue weighted by atomic mass is 9.91. The van der Waals surface area contributed by atoms with Crippen LogP contribution in [0.25, 0.3) is 0 Å². The van der Waals surface area contributed by atoms with E-state index in [-0.39, 0.29) is 28.2 Å². The average Bonchev–Trinajstić information content (AvgIpc) is 2.44. The minimum absolute atomic E-state index is 0.0126. The van der Waals surface area contributed by atoms with E-state index in [0.29, 0.717) is 6.42 Å². The third-order valence-electron chi connectivity index (χ3n) is 6.41. The van der Waals surface area contributed by atoms with Crippen LogP contribution in [0.4, 0.5) is 0 Å². The lowest BCUT2D eigenvalue weighted by Gasteiger charge is -2.45. The van der Waals surface area contributed by atoms with Crippen LogP contribution >= 0.6 is 0 Å². The molecule has 0 unspecified atom stereocenters. The van der Waals surface area contributed by atoms with Gasteiger partial charge in [-0.1, -0.05) is 54.5 Å². The van der Waals surface area contributed by atoms with Crippen molar-refractivity contribution in [1.82, 2.24) is 0 Å². The zero-order valence-corrected chi connectivity index (χ0v) is 21.3. The van der Waals surface area contributed by atoms with Gasteiger partial charge in [0, 0.05) is 12.3 Å². The van der Waals surface area contributed by atoms with Gasteiger partial charge in [0.05, 0.1) is 12.2 Å². The van der Waals surface area contributed by atoms with Crippen LogP contribution in [0.15, 0.2) is 12.7 Å². The molecule has 0 rings (SSSR count). The Bertz CT molecular complexity index is 490. The first kappa shape index (κ1) is 25.7. The normalized spacial score (nSPS) is 17.3. The van der Waals surface area contributed by atoms with Crippen LogP contribution in [0.1, 0.15) is 61.3 Å². The zero-order chi connectivity index (χ0) is 21.0. The van der Waals surface area contributed by atoms with Crippen molar-refractivity contribution in [1.29, 1.82) is 0 Å². The summed E-state index contributed by atoms with van der Waals surface area (Å²) in [6.07, 6.45) is 9.26. The lowest BCUT2D eigenvalue weighted by Crippen LogP contribution is -2.50. The Morgan fingerprint density at radius 1 is 0.962 bits per heavy atom. The highest BCUT2D eigenvalue weighted by molar-refractivity contribution is 6.74. The van der Waals surface area contributed by atoms with Crippen molar-refractivity contribution in [2.24, 2.45) is 5.92 Å². The highest BCUT2D eigenvalue weighted by Gasteiger charge is 2.44. The quantitative estimate of drug-likeness (QED) is 0.237. The molecule has 0 fully saturated rings. The first-order valence-corrected chi connectivity index (χ1v) is 15.8. The number of hydrogen-bond donors (Lipinski definition) is 0. The fourth-order valence-electron chi connectivity index (χ4n) is 2.49. The molecule has 0 spiro atoms. The van der Waals surface area contributed by atoms with Crippen molar-refractivity contribution in [3.63, 3.8) is 0 Å². The summed E-state index contributed by atoms with van der Waals surface area (Å²) in [5, 5.41) is 0.316. The SMILES string of the molecule is C#CC[C@H](O[Si](C)(C)C(C)(C)C)[C@H](CC)[C@@H](C=C)O[Si](C)(C)C(C)(C)C. The Hall–Kier alpha value is -0.346. The molecule has 0 saturated carbocycles. The van der Waals surface area contributed by atoms with Crippen molar-refractivity contribution >= 4 is 16.6 Å². The van der Waals surface area contributed by atoms with Crippen LogP contribution in [0.5, 0.6) is 0 Å². The summed E-state index contributed by atoms with van der Waals surface area (Å²) < 4.78 is 13.5. The van der Waals surface area contributed by atoms with Gasteiger partial charge in [-0.05, 0) is 42.7 Å². The molecule has 0 aromatic heterocycles. The van der Waals surface area contributed by atoms with E-state index < -0.39 is 16.6 Å². The molecule has 152 valence electrons. The van der Waals surface area contributed by atoms with E-state index in [4.69, 9.17) is 15.3 Å². The minimum atomic E-state index is -1.91. The molecule has 0 aromatic carbocycles. The molecular weight excluding hydrogens is 352 g/mol. The van der Waals surface area contributed by atoms with Crippen molar-refractivity contribution in [3.05, 3.63) is 12.7 Å². The van der Waals surface area contributed by atoms with Gasteiger partial charge in [0.25, 0.3) is 0 Å². The van der Waals surface area contributed by atoms with E-state index in [1.54, 1.807) is 0 Å². The van der Waals surface area contributed by atoms with Crippen molar-refractivity contribution in [2.75, 3.05) is 0 Å². The Labute approximate surface area is 166 Å². The summed E-state index contributed by atoms with van der Waals surface area (Å²) in [6, 6.07) is 0. The maximum absolute atomic E-state index is 6.76. The van der Waals surface area contributed by atoms with Gasteiger partial charge in [0.2, 0.25) is 0 Å². The third kappa shape index (κ3) is 6.67. The van der Waals surface area contributed by atoms with Crippen LogP contribution in [0.2, 0.25) is 36.3 Å². The molecule has 0 aromatic rings. The van der Waals surface area contributed by atoms with Crippen LogP contribution in [-0.4, -0.2) is 28.8 Å². The van der Waals surface area contributed by atoms with E-state index >= 15 is 0 Å². The molecule has 0 saturated heterocycles. The average molecular weight is 397 g/mol. The maximum Gasteiger partial charge on any atom is 0.192 e. The van der Waals surface area contributed by atoms with Gasteiger partial charge < -0.3 is 8.85 Å². The van der Waals surface area contributed by atoms with Crippen LogP contribution < -0.4 is 0 Å². The fraction of sp³-hybridized carbons (Fsp3) is 0.818. The smallest absolute Gasteiger partial charge is 0.192 e. The summed E-state index contributed by atoms with van der Waals surface area (Å²) in [5.74, 6) is 3.08. The fourth-order valence-corrected chi connectivity index (χ4v) is 5.16. The van der Waals surface area contributed by atoms with Crippen LogP contribution in [0, 0.1) is 18.3 Å². The molecule has 0 bridgehead atoms. The Morgan fingerprint density at radius 3 is 1.69 bits per heavy atom. The molecule has 0 radical (unpaired) electrons. The molecule has 26 heavy (non-hydrogen) atoms. The van der Waals surface area contributed by atoms with Gasteiger partial charge in [-0.3, -0.25) is 0 Å². The largest absolute Gasteiger partial charge is 0.413 e. The van der Waals surface area contributed by atoms with Gasteiger partial charge >= 0.3 is 0 Å². The minimum Gasteiger partial charge on any atom is -0.413 e. The second-order valence-electron chi connectivity index (χ2n) is 10.5. The molecule has 0 N–H and O–H groups in total. The second kappa shape index (κ2) is 9.23. The summed E-state index contributed by atoms with van der Waals surface area (Å²) in [4.78, 5) is 0. The first-order chi connectivity index (χ1) is 11.5. The predicted octanol–water partition coefficient (Wildman–Crippen LogP) is 7.00. The van der Waals surface area contributed by atoms with Crippen LogP contribution in [-0.2, 0) is 8.85 Å². The number of rotatable bonds is 9. The molecule has 0 aliphatic rings. The Morgan fingerprint density at radius 2 is 1.38 bits per heavy atom. The monoisotopic (exact) mass is 396 g/mol. The van der Waals surface area contributed by atoms with Crippen molar-refractivity contribution in [2.45, 2.75) is 110 Å². The molecule has 0 heterocycles. The summed E-state index contributed by atoms with van der Waals surface area (Å²) in [5.41, 5.74) is 0. The molecule has 0 aliphatic heterocycles. The zero-order valence-electron chi connectivity index (χ0n) is 19.3. The third-order valence-corrected chi connectivity index (χ3v) is 15.4.